The van der Waals surface area contributed by atoms with E-state index in [2.05, 4.69) is 27.7 Å². The molecule has 5 aliphatic carbocycles. The van der Waals surface area contributed by atoms with Crippen molar-refractivity contribution in [2.24, 2.45) is 50.7 Å². The highest BCUT2D eigenvalue weighted by atomic mass is 16.7. The largest absolute Gasteiger partial charge is 0.460 e. The molecule has 2 aliphatic heterocycles. The van der Waals surface area contributed by atoms with Crippen LogP contribution < -0.4 is 0 Å². The van der Waals surface area contributed by atoms with Gasteiger partial charge in [0.15, 0.2) is 12.6 Å². The number of rotatable bonds is 13. The van der Waals surface area contributed by atoms with Crippen LogP contribution in [0.5, 0.6) is 0 Å². The van der Waals surface area contributed by atoms with Crippen LogP contribution in [0.4, 0.5) is 0 Å². The van der Waals surface area contributed by atoms with Gasteiger partial charge in [-0.3, -0.25) is 4.79 Å². The van der Waals surface area contributed by atoms with Gasteiger partial charge in [0.25, 0.3) is 0 Å². The molecule has 10 N–H and O–H groups in total. The van der Waals surface area contributed by atoms with Gasteiger partial charge in [-0.15, -0.1) is 0 Å². The van der Waals surface area contributed by atoms with Gasteiger partial charge in [0.05, 0.1) is 32.0 Å². The van der Waals surface area contributed by atoms with Crippen LogP contribution in [0.3, 0.4) is 0 Å². The fourth-order valence-corrected chi connectivity index (χ4v) is 14.9. The zero-order valence-electron chi connectivity index (χ0n) is 36.4. The Hall–Kier alpha value is -1.09. The lowest BCUT2D eigenvalue weighted by atomic mass is 9.41. The first-order valence-electron chi connectivity index (χ1n) is 22.4. The predicted molar refractivity (Wildman–Crippen MR) is 211 cm³/mol. The number of aliphatic hydroxyl groups excluding tert-OH is 10. The zero-order valence-corrected chi connectivity index (χ0v) is 36.4. The van der Waals surface area contributed by atoms with Crippen LogP contribution in [0.2, 0.25) is 0 Å². The van der Waals surface area contributed by atoms with E-state index in [0.717, 1.165) is 38.5 Å². The lowest BCUT2D eigenvalue weighted by Gasteiger charge is -2.63. The first kappa shape index (κ1) is 46.9. The van der Waals surface area contributed by atoms with Crippen LogP contribution in [0.1, 0.15) is 113 Å². The monoisotopic (exact) mass is 858 g/mol. The standard InChI is InChI=1S/C44H74O16/c1-21(8-11-28(56-22(2)48)39(3,4)60-38-36(55)34(53)32(51)25(18-46)58-38)30-23(49)16-42(7)27-10-9-26-40(5,20-47)29(59-37-35(54)33(52)31(50)24(17-45)57-37)12-13-43(26)19-44(27,43)15-14-41(30,42)6/h21,23-38,45-47,49-55H,8-20H2,1-7H3. The van der Waals surface area contributed by atoms with Gasteiger partial charge in [-0.1, -0.05) is 27.7 Å². The first-order valence-corrected chi connectivity index (χ1v) is 22.4. The van der Waals surface area contributed by atoms with E-state index in [1.54, 1.807) is 13.8 Å². The van der Waals surface area contributed by atoms with Crippen LogP contribution in [0.15, 0.2) is 0 Å². The van der Waals surface area contributed by atoms with E-state index in [4.69, 9.17) is 23.7 Å². The van der Waals surface area contributed by atoms with E-state index in [-0.39, 0.29) is 46.0 Å². The smallest absolute Gasteiger partial charge is 0.303 e. The molecule has 7 fully saturated rings. The maximum absolute atomic E-state index is 12.4. The molecule has 2 spiro atoms. The second-order valence-electron chi connectivity index (χ2n) is 21.4. The van der Waals surface area contributed by atoms with E-state index >= 15 is 0 Å². The Morgan fingerprint density at radius 1 is 0.733 bits per heavy atom. The summed E-state index contributed by atoms with van der Waals surface area (Å²) in [6.07, 6.45) is -8.14. The summed E-state index contributed by atoms with van der Waals surface area (Å²) >= 11 is 0. The third-order valence-corrected chi connectivity index (χ3v) is 18.2. The molecule has 0 bridgehead atoms. The van der Waals surface area contributed by atoms with Gasteiger partial charge in [0.2, 0.25) is 0 Å². The maximum Gasteiger partial charge on any atom is 0.303 e. The van der Waals surface area contributed by atoms with Crippen molar-refractivity contribution in [1.29, 1.82) is 0 Å². The minimum Gasteiger partial charge on any atom is -0.460 e. The molecule has 7 aliphatic rings. The Labute approximate surface area is 353 Å². The van der Waals surface area contributed by atoms with Gasteiger partial charge in [0.1, 0.15) is 60.5 Å². The van der Waals surface area contributed by atoms with Crippen molar-refractivity contribution in [3.8, 4) is 0 Å². The van der Waals surface area contributed by atoms with Crippen molar-refractivity contribution in [2.45, 2.75) is 198 Å². The van der Waals surface area contributed by atoms with Crippen LogP contribution in [0.25, 0.3) is 0 Å². The Bertz CT molecular complexity index is 1550. The molecule has 0 amide bonds. The molecule has 346 valence electrons. The summed E-state index contributed by atoms with van der Waals surface area (Å²) in [5.41, 5.74) is -2.20. The number of carbonyl (C=O) groups is 1. The van der Waals surface area contributed by atoms with E-state index in [0.29, 0.717) is 31.6 Å². The molecule has 0 aromatic heterocycles. The van der Waals surface area contributed by atoms with Crippen LogP contribution >= 0.6 is 0 Å². The fourth-order valence-electron chi connectivity index (χ4n) is 14.9. The van der Waals surface area contributed by atoms with Crippen LogP contribution in [0, 0.1) is 50.7 Å². The van der Waals surface area contributed by atoms with Crippen molar-refractivity contribution < 1.29 is 79.5 Å². The lowest BCUT2D eigenvalue weighted by Crippen LogP contribution is -2.62. The van der Waals surface area contributed by atoms with Crippen LogP contribution in [-0.2, 0) is 28.5 Å². The molecule has 2 saturated heterocycles. The molecule has 0 aromatic rings. The fraction of sp³-hybridized carbons (Fsp3) is 0.977. The molecule has 60 heavy (non-hydrogen) atoms. The molecule has 0 aromatic carbocycles. The minimum absolute atomic E-state index is 0.00852. The third kappa shape index (κ3) is 7.04. The number of hydrogen-bond acceptors (Lipinski definition) is 16. The molecular weight excluding hydrogens is 784 g/mol. The van der Waals surface area contributed by atoms with Crippen molar-refractivity contribution >= 4 is 5.97 Å². The van der Waals surface area contributed by atoms with Gasteiger partial charge in [-0.2, -0.15) is 0 Å². The SMILES string of the molecule is CC(=O)OC(CCC(C)C1C(O)CC2(C)C3CCC4C(C)(CO)C(OC5OC(CO)C(O)C(O)C5O)CCC45CC35CCC12C)C(C)(C)OC1OC(CO)C(O)C(O)C1O. The van der Waals surface area contributed by atoms with Gasteiger partial charge in [0, 0.05) is 12.3 Å². The predicted octanol–water partition coefficient (Wildman–Crippen LogP) is 0.497. The van der Waals surface area contributed by atoms with Crippen molar-refractivity contribution in [3.63, 3.8) is 0 Å². The Kier molecular flexibility index (Phi) is 12.8. The third-order valence-electron chi connectivity index (χ3n) is 18.2. The molecule has 22 atom stereocenters. The number of carbonyl (C=O) groups excluding carboxylic acids is 1. The number of ether oxygens (including phenoxy) is 5. The average molecular weight is 859 g/mol. The Morgan fingerprint density at radius 3 is 1.88 bits per heavy atom. The number of hydrogen-bond donors (Lipinski definition) is 10. The normalized spacial score (nSPS) is 52.3. The summed E-state index contributed by atoms with van der Waals surface area (Å²) in [4.78, 5) is 12.4. The van der Waals surface area contributed by atoms with Crippen molar-refractivity contribution in [1.82, 2.24) is 0 Å². The molecule has 2 heterocycles. The highest BCUT2D eigenvalue weighted by molar-refractivity contribution is 5.66. The Morgan fingerprint density at radius 2 is 1.30 bits per heavy atom. The van der Waals surface area contributed by atoms with Gasteiger partial charge < -0.3 is 74.7 Å². The molecule has 5 saturated carbocycles. The van der Waals surface area contributed by atoms with E-state index < -0.39 is 110 Å². The van der Waals surface area contributed by atoms with Gasteiger partial charge >= 0.3 is 5.97 Å². The van der Waals surface area contributed by atoms with E-state index in [9.17, 15) is 55.9 Å². The first-order chi connectivity index (χ1) is 28.0. The molecular formula is C44H74O16. The molecule has 0 radical (unpaired) electrons. The zero-order chi connectivity index (χ0) is 44.1. The summed E-state index contributed by atoms with van der Waals surface area (Å²) in [6, 6.07) is 0. The average Bonchev–Trinajstić information content (AvgIpc) is 3.81. The second-order valence-corrected chi connectivity index (χ2v) is 21.4. The highest BCUT2D eigenvalue weighted by Crippen LogP contribution is 2.89. The molecule has 7 rings (SSSR count). The Balaban J connectivity index is 1.05. The topological polar surface area (TPSA) is 266 Å². The number of aliphatic hydroxyl groups is 10. The summed E-state index contributed by atoms with van der Waals surface area (Å²) in [5.74, 6) is -0.0331. The molecule has 16 nitrogen and oxygen atoms in total. The van der Waals surface area contributed by atoms with Gasteiger partial charge in [-0.05, 0) is 123 Å². The van der Waals surface area contributed by atoms with Crippen molar-refractivity contribution in [2.75, 3.05) is 19.8 Å². The summed E-state index contributed by atoms with van der Waals surface area (Å²) < 4.78 is 29.8. The quantitative estimate of drug-likeness (QED) is 0.0893. The highest BCUT2D eigenvalue weighted by Gasteiger charge is 2.83. The summed E-state index contributed by atoms with van der Waals surface area (Å²) in [5, 5.41) is 106. The lowest BCUT2D eigenvalue weighted by molar-refractivity contribution is -0.332. The molecule has 22 unspecified atom stereocenters. The number of esters is 1. The maximum atomic E-state index is 12.4. The summed E-state index contributed by atoms with van der Waals surface area (Å²) in [6.45, 7) is 12.4. The second kappa shape index (κ2) is 16.4. The van der Waals surface area contributed by atoms with Crippen molar-refractivity contribution in [3.05, 3.63) is 0 Å². The van der Waals surface area contributed by atoms with Crippen LogP contribution in [-0.4, -0.2) is 162 Å². The van der Waals surface area contributed by atoms with E-state index in [1.807, 2.05) is 0 Å². The number of fused-ring (bicyclic) bond motifs is 2. The minimum atomic E-state index is -1.62. The van der Waals surface area contributed by atoms with Gasteiger partial charge in [-0.25, -0.2) is 0 Å². The molecule has 16 heteroatoms. The van der Waals surface area contributed by atoms with E-state index in [1.165, 1.54) is 6.92 Å². The summed E-state index contributed by atoms with van der Waals surface area (Å²) in [7, 11) is 0.